The van der Waals surface area contributed by atoms with E-state index in [0.29, 0.717) is 21.8 Å². The number of rotatable bonds is 5. The van der Waals surface area contributed by atoms with Crippen LogP contribution in [0.5, 0.6) is 0 Å². The molecule has 0 unspecified atom stereocenters. The Bertz CT molecular complexity index is 911. The van der Waals surface area contributed by atoms with Crippen LogP contribution < -0.4 is 10.6 Å². The van der Waals surface area contributed by atoms with E-state index in [9.17, 15) is 9.59 Å². The number of carbonyl (C=O) groups excluding carboxylic acids is 2. The molecule has 1 aromatic carbocycles. The maximum Gasteiger partial charge on any atom is 0.254 e. The minimum atomic E-state index is -0.225. The van der Waals surface area contributed by atoms with Crippen molar-refractivity contribution in [1.29, 1.82) is 0 Å². The summed E-state index contributed by atoms with van der Waals surface area (Å²) in [6, 6.07) is 9.41. The summed E-state index contributed by atoms with van der Waals surface area (Å²) in [5, 5.41) is 12.9. The van der Waals surface area contributed by atoms with Gasteiger partial charge in [0, 0.05) is 11.4 Å². The summed E-state index contributed by atoms with van der Waals surface area (Å²) in [5.41, 5.74) is 1.75. The van der Waals surface area contributed by atoms with Crippen molar-refractivity contribution in [3.63, 3.8) is 0 Å². The maximum atomic E-state index is 12.3. The van der Waals surface area contributed by atoms with Crippen LogP contribution in [0.4, 0.5) is 5.00 Å². The molecule has 0 aliphatic heterocycles. The van der Waals surface area contributed by atoms with Crippen molar-refractivity contribution in [2.24, 2.45) is 0 Å². The van der Waals surface area contributed by atoms with Crippen LogP contribution in [-0.2, 0) is 11.2 Å². The number of amides is 2. The van der Waals surface area contributed by atoms with E-state index in [1.165, 1.54) is 11.3 Å². The number of benzene rings is 1. The van der Waals surface area contributed by atoms with Crippen molar-refractivity contribution < 1.29 is 14.1 Å². The molecular formula is C17H15N3O3S. The van der Waals surface area contributed by atoms with Crippen molar-refractivity contribution in [3.05, 3.63) is 47.0 Å². The molecule has 0 atom stereocenters. The molecule has 1 aliphatic rings. The first-order valence-corrected chi connectivity index (χ1v) is 8.60. The van der Waals surface area contributed by atoms with Gasteiger partial charge in [0.1, 0.15) is 10.7 Å². The molecule has 2 aromatic heterocycles. The lowest BCUT2D eigenvalue weighted by atomic mass is 10.1. The van der Waals surface area contributed by atoms with Gasteiger partial charge in [-0.3, -0.25) is 9.59 Å². The third kappa shape index (κ3) is 3.03. The van der Waals surface area contributed by atoms with Crippen LogP contribution in [0.2, 0.25) is 0 Å². The van der Waals surface area contributed by atoms with Crippen LogP contribution in [0, 0.1) is 0 Å². The molecule has 2 amide bonds. The second kappa shape index (κ2) is 6.09. The SMILES string of the molecule is O=C(Cc1noc2ccccc12)Nc1sccc1C(=O)NC1CC1. The van der Waals surface area contributed by atoms with E-state index in [1.807, 2.05) is 24.3 Å². The fourth-order valence-corrected chi connectivity index (χ4v) is 3.26. The number of nitrogens with zero attached hydrogens (tertiary/aromatic N) is 1. The standard InChI is InChI=1S/C17H15N3O3S/c21-15(9-13-11-3-1-2-4-14(11)23-20-13)19-17-12(7-8-24-17)16(22)18-10-5-6-10/h1-4,7-8,10H,5-6,9H2,(H,18,22)(H,19,21). The van der Waals surface area contributed by atoms with Gasteiger partial charge in [0.05, 0.1) is 12.0 Å². The summed E-state index contributed by atoms with van der Waals surface area (Å²) in [4.78, 5) is 24.5. The topological polar surface area (TPSA) is 84.2 Å². The Morgan fingerprint density at radius 3 is 2.92 bits per heavy atom. The lowest BCUT2D eigenvalue weighted by Crippen LogP contribution is -2.26. The number of thiophene rings is 1. The van der Waals surface area contributed by atoms with Crippen LogP contribution in [0.15, 0.2) is 40.2 Å². The highest BCUT2D eigenvalue weighted by Crippen LogP contribution is 2.26. The molecule has 1 saturated carbocycles. The molecule has 7 heteroatoms. The number of hydrogen-bond donors (Lipinski definition) is 2. The highest BCUT2D eigenvalue weighted by molar-refractivity contribution is 7.14. The largest absolute Gasteiger partial charge is 0.356 e. The molecule has 0 saturated heterocycles. The van der Waals surface area contributed by atoms with Crippen LogP contribution in [-0.4, -0.2) is 23.0 Å². The zero-order chi connectivity index (χ0) is 16.5. The van der Waals surface area contributed by atoms with E-state index in [-0.39, 0.29) is 24.3 Å². The number of aromatic nitrogens is 1. The lowest BCUT2D eigenvalue weighted by molar-refractivity contribution is -0.115. The van der Waals surface area contributed by atoms with Gasteiger partial charge >= 0.3 is 0 Å². The maximum absolute atomic E-state index is 12.3. The summed E-state index contributed by atoms with van der Waals surface area (Å²) < 4.78 is 5.21. The zero-order valence-electron chi connectivity index (χ0n) is 12.7. The van der Waals surface area contributed by atoms with Crippen LogP contribution in [0.25, 0.3) is 11.0 Å². The van der Waals surface area contributed by atoms with E-state index in [2.05, 4.69) is 15.8 Å². The molecule has 122 valence electrons. The zero-order valence-corrected chi connectivity index (χ0v) is 13.6. The van der Waals surface area contributed by atoms with Gasteiger partial charge < -0.3 is 15.2 Å². The van der Waals surface area contributed by atoms with Crippen LogP contribution in [0.3, 0.4) is 0 Å². The fraction of sp³-hybridized carbons (Fsp3) is 0.235. The van der Waals surface area contributed by atoms with Gasteiger partial charge in [0.25, 0.3) is 5.91 Å². The first-order valence-electron chi connectivity index (χ1n) is 7.72. The average Bonchev–Trinajstić information content (AvgIpc) is 3.11. The van der Waals surface area contributed by atoms with Gasteiger partial charge in [-0.2, -0.15) is 0 Å². The highest BCUT2D eigenvalue weighted by Gasteiger charge is 2.25. The number of anilines is 1. The fourth-order valence-electron chi connectivity index (χ4n) is 2.46. The predicted molar refractivity (Wildman–Crippen MR) is 91.1 cm³/mol. The first-order chi connectivity index (χ1) is 11.7. The summed E-state index contributed by atoms with van der Waals surface area (Å²) in [7, 11) is 0. The smallest absolute Gasteiger partial charge is 0.254 e. The van der Waals surface area contributed by atoms with Gasteiger partial charge in [-0.25, -0.2) is 0 Å². The number of nitrogens with one attached hydrogen (secondary N) is 2. The molecule has 0 spiro atoms. The van der Waals surface area contributed by atoms with E-state index in [1.54, 1.807) is 11.4 Å². The molecule has 0 bridgehead atoms. The Hall–Kier alpha value is -2.67. The number of para-hydroxylation sites is 1. The molecule has 1 aliphatic carbocycles. The molecule has 0 radical (unpaired) electrons. The Morgan fingerprint density at radius 2 is 2.08 bits per heavy atom. The minimum absolute atomic E-state index is 0.0958. The van der Waals surface area contributed by atoms with Crippen molar-refractivity contribution in [3.8, 4) is 0 Å². The summed E-state index contributed by atoms with van der Waals surface area (Å²) in [5.74, 6) is -0.363. The third-order valence-corrected chi connectivity index (χ3v) is 4.69. The monoisotopic (exact) mass is 341 g/mol. The highest BCUT2D eigenvalue weighted by atomic mass is 32.1. The molecule has 24 heavy (non-hydrogen) atoms. The second-order valence-corrected chi connectivity index (χ2v) is 6.68. The summed E-state index contributed by atoms with van der Waals surface area (Å²) in [6.07, 6.45) is 2.15. The lowest BCUT2D eigenvalue weighted by Gasteiger charge is -2.06. The van der Waals surface area contributed by atoms with E-state index in [0.717, 1.165) is 18.2 Å². The molecule has 2 N–H and O–H groups in total. The number of hydrogen-bond acceptors (Lipinski definition) is 5. The van der Waals surface area contributed by atoms with E-state index < -0.39 is 0 Å². The minimum Gasteiger partial charge on any atom is -0.356 e. The molecule has 3 aromatic rings. The number of fused-ring (bicyclic) bond motifs is 1. The van der Waals surface area contributed by atoms with Crippen molar-refractivity contribution >= 4 is 39.1 Å². The Morgan fingerprint density at radius 1 is 1.25 bits per heavy atom. The Labute approximate surface area is 141 Å². The molecule has 4 rings (SSSR count). The summed E-state index contributed by atoms with van der Waals surface area (Å²) in [6.45, 7) is 0. The second-order valence-electron chi connectivity index (χ2n) is 5.76. The van der Waals surface area contributed by atoms with Gasteiger partial charge in [0.2, 0.25) is 5.91 Å². The average molecular weight is 341 g/mol. The molecule has 2 heterocycles. The van der Waals surface area contributed by atoms with Crippen molar-refractivity contribution in [1.82, 2.24) is 10.5 Å². The first kappa shape index (κ1) is 14.9. The molecular weight excluding hydrogens is 326 g/mol. The van der Waals surface area contributed by atoms with Gasteiger partial charge in [-0.1, -0.05) is 17.3 Å². The van der Waals surface area contributed by atoms with E-state index in [4.69, 9.17) is 4.52 Å². The summed E-state index contributed by atoms with van der Waals surface area (Å²) >= 11 is 1.33. The van der Waals surface area contributed by atoms with Gasteiger partial charge in [-0.05, 0) is 36.4 Å². The Kier molecular flexibility index (Phi) is 3.78. The van der Waals surface area contributed by atoms with Crippen molar-refractivity contribution in [2.45, 2.75) is 25.3 Å². The number of carbonyl (C=O) groups is 2. The molecule has 1 fully saturated rings. The van der Waals surface area contributed by atoms with Crippen molar-refractivity contribution in [2.75, 3.05) is 5.32 Å². The van der Waals surface area contributed by atoms with Gasteiger partial charge in [-0.15, -0.1) is 11.3 Å². The quantitative estimate of drug-likeness (QED) is 0.747. The van der Waals surface area contributed by atoms with E-state index >= 15 is 0 Å². The van der Waals surface area contributed by atoms with Gasteiger partial charge in [0.15, 0.2) is 5.58 Å². The molecule has 6 nitrogen and oxygen atoms in total. The third-order valence-electron chi connectivity index (χ3n) is 3.86. The van der Waals surface area contributed by atoms with Crippen LogP contribution in [0.1, 0.15) is 28.9 Å². The van der Waals surface area contributed by atoms with Crippen LogP contribution >= 0.6 is 11.3 Å². The normalized spacial score (nSPS) is 13.8. The Balaban J connectivity index is 1.46. The predicted octanol–water partition coefficient (Wildman–Crippen LogP) is 2.96.